The van der Waals surface area contributed by atoms with E-state index in [9.17, 15) is 45.1 Å². The summed E-state index contributed by atoms with van der Waals surface area (Å²) in [4.78, 5) is 50.3. The third-order valence-electron chi connectivity index (χ3n) is 20.0. The summed E-state index contributed by atoms with van der Waals surface area (Å²) in [5, 5.41) is 0. The van der Waals surface area contributed by atoms with Crippen molar-refractivity contribution in [2.24, 2.45) is 0 Å². The summed E-state index contributed by atoms with van der Waals surface area (Å²) in [7, 11) is -10.1. The maximum atomic E-state index is 13.0. The minimum Gasteiger partial charge on any atom is -0.744 e. The van der Waals surface area contributed by atoms with Crippen LogP contribution in [0.3, 0.4) is 0 Å². The number of hydrogen-bond donors (Lipinski definition) is 0. The standard InChI is InChI=1S/2C46H78O7S.Ca/c2*1-3-5-7-9-11-13-15-17-19-21-23-25-27-29-31-33-35-40-52-45(47)42-38-37-39-43(54(49,50)51)44(42)46(48)53-41-36-34-32-30-28-26-24-22-20-18-16-14-12-10-8-6-4-2;/h2*27-30,37-39H,3-26,31-36,40-41H2,1-2H3,(H,49,50,51);/q;;+2/p-2/b2*29-27+,30-28+;. The first-order valence-electron chi connectivity index (χ1n) is 44.1. The first-order valence-corrected chi connectivity index (χ1v) is 46.9. The molecule has 0 unspecified atom stereocenters. The zero-order chi connectivity index (χ0) is 78.8. The van der Waals surface area contributed by atoms with Crippen LogP contribution in [0.25, 0.3) is 0 Å². The molecule has 0 saturated carbocycles. The third kappa shape index (κ3) is 62.4. The van der Waals surface area contributed by atoms with Crippen LogP contribution in [0.5, 0.6) is 0 Å². The SMILES string of the molecule is CCCCCCCCCCCCC/C=C/CCCCOC(=O)c1cccc(S(=O)(=O)[O-])c1C(=O)OCCCC/C=C/CCCCCCCCCCCCC.CCCCCCCCCCCCC/C=C/CCCCOC(=O)c1cccc(S(=O)(=O)[O-])c1C(=O)OCCCC/C=C/CCCCCCCCCCCCC.[Ca+2]. The Morgan fingerprint density at radius 1 is 0.257 bits per heavy atom. The van der Waals surface area contributed by atoms with E-state index < -0.39 is 65.0 Å². The molecule has 0 aliphatic heterocycles. The van der Waals surface area contributed by atoms with Crippen molar-refractivity contribution in [1.82, 2.24) is 0 Å². The molecule has 14 nitrogen and oxygen atoms in total. The van der Waals surface area contributed by atoms with Gasteiger partial charge in [-0.2, -0.15) is 0 Å². The van der Waals surface area contributed by atoms with Gasteiger partial charge in [-0.25, -0.2) is 36.0 Å². The van der Waals surface area contributed by atoms with Crippen molar-refractivity contribution in [1.29, 1.82) is 0 Å². The summed E-state index contributed by atoms with van der Waals surface area (Å²) in [5.74, 6) is -3.70. The fraction of sp³-hybridized carbons (Fsp3) is 0.739. The Hall–Kier alpha value is -3.64. The summed E-state index contributed by atoms with van der Waals surface area (Å²) >= 11 is 0. The number of carbonyl (C=O) groups is 4. The molecule has 0 saturated heterocycles. The molecule has 109 heavy (non-hydrogen) atoms. The van der Waals surface area contributed by atoms with E-state index in [0.29, 0.717) is 25.7 Å². The van der Waals surface area contributed by atoms with Gasteiger partial charge in [-0.3, -0.25) is 0 Å². The molecule has 0 aliphatic carbocycles. The Morgan fingerprint density at radius 2 is 0.422 bits per heavy atom. The molecule has 17 heteroatoms. The van der Waals surface area contributed by atoms with Crippen LogP contribution >= 0.6 is 0 Å². The summed E-state index contributed by atoms with van der Waals surface area (Å²) in [6.45, 7) is 9.39. The van der Waals surface area contributed by atoms with Crippen molar-refractivity contribution in [3.63, 3.8) is 0 Å². The number of hydrogen-bond acceptors (Lipinski definition) is 14. The molecule has 0 radical (unpaired) electrons. The maximum Gasteiger partial charge on any atom is 2.00 e. The quantitative estimate of drug-likeness (QED) is 0.0150. The number of carbonyl (C=O) groups excluding carboxylic acids is 4. The fourth-order valence-electron chi connectivity index (χ4n) is 13.3. The van der Waals surface area contributed by atoms with Gasteiger partial charge in [-0.05, 0) is 153 Å². The molecule has 0 amide bonds. The fourth-order valence-corrected chi connectivity index (χ4v) is 14.7. The normalized spacial score (nSPS) is 11.8. The average molecular weight is 1590 g/mol. The van der Waals surface area contributed by atoms with Crippen LogP contribution in [0, 0.1) is 0 Å². The average Bonchev–Trinajstić information content (AvgIpc) is 0.798. The molecular weight excluding hydrogens is 1430 g/mol. The number of ether oxygens (including phenoxy) is 4. The van der Waals surface area contributed by atoms with Crippen LogP contribution < -0.4 is 0 Å². The van der Waals surface area contributed by atoms with E-state index in [1.807, 2.05) is 0 Å². The van der Waals surface area contributed by atoms with Crippen LogP contribution in [-0.2, 0) is 39.2 Å². The van der Waals surface area contributed by atoms with Crippen molar-refractivity contribution in [2.75, 3.05) is 26.4 Å². The molecule has 0 aliphatic rings. The van der Waals surface area contributed by atoms with Gasteiger partial charge in [0, 0.05) is 0 Å². The largest absolute Gasteiger partial charge is 2.00 e. The first kappa shape index (κ1) is 105. The minimum atomic E-state index is -5.03. The summed E-state index contributed by atoms with van der Waals surface area (Å²) in [6, 6.07) is 7.18. The number of rotatable bonds is 74. The Morgan fingerprint density at radius 3 is 0.606 bits per heavy atom. The molecule has 2 rings (SSSR count). The molecular formula is C92H154CaO14S2. The summed E-state index contributed by atoms with van der Waals surface area (Å²) in [5.41, 5.74) is -1.63. The van der Waals surface area contributed by atoms with Crippen molar-refractivity contribution < 1.29 is 64.1 Å². The molecule has 2 aromatic carbocycles. The van der Waals surface area contributed by atoms with E-state index >= 15 is 0 Å². The Kier molecular flexibility index (Phi) is 74.4. The van der Waals surface area contributed by atoms with Crippen molar-refractivity contribution in [2.45, 2.75) is 423 Å². The van der Waals surface area contributed by atoms with Gasteiger partial charge in [0.25, 0.3) is 0 Å². The van der Waals surface area contributed by atoms with E-state index in [-0.39, 0.29) is 75.3 Å². The minimum absolute atomic E-state index is 0. The molecule has 0 heterocycles. The van der Waals surface area contributed by atoms with Gasteiger partial charge >= 0.3 is 61.6 Å². The van der Waals surface area contributed by atoms with Gasteiger partial charge < -0.3 is 28.1 Å². The molecule has 620 valence electrons. The molecule has 2 aromatic rings. The monoisotopic (exact) mass is 1590 g/mol. The molecule has 0 N–H and O–H groups in total. The summed E-state index contributed by atoms with van der Waals surface area (Å²) < 4.78 is 93.3. The second-order valence-corrected chi connectivity index (χ2v) is 32.7. The molecule has 0 atom stereocenters. The number of esters is 4. The second kappa shape index (κ2) is 77.0. The van der Waals surface area contributed by atoms with Crippen molar-refractivity contribution in [3.05, 3.63) is 107 Å². The Labute approximate surface area is 696 Å². The predicted molar refractivity (Wildman–Crippen MR) is 452 cm³/mol. The van der Waals surface area contributed by atoms with Gasteiger partial charge in [0.1, 0.15) is 20.2 Å². The van der Waals surface area contributed by atoms with E-state index in [4.69, 9.17) is 18.9 Å². The number of allylic oxidation sites excluding steroid dienone is 8. The van der Waals surface area contributed by atoms with Gasteiger partial charge in [0.2, 0.25) is 0 Å². The van der Waals surface area contributed by atoms with Crippen LogP contribution in [0.15, 0.2) is 94.8 Å². The van der Waals surface area contributed by atoms with E-state index in [0.717, 1.165) is 89.2 Å². The molecule has 0 aromatic heterocycles. The van der Waals surface area contributed by atoms with E-state index in [1.54, 1.807) is 0 Å². The molecule has 0 spiro atoms. The van der Waals surface area contributed by atoms with Gasteiger partial charge in [0.05, 0.1) is 58.5 Å². The second-order valence-electron chi connectivity index (χ2n) is 30.0. The summed E-state index contributed by atoms with van der Waals surface area (Å²) in [6.07, 6.45) is 89.7. The zero-order valence-corrected chi connectivity index (χ0v) is 73.4. The molecule has 0 fully saturated rings. The van der Waals surface area contributed by atoms with Crippen LogP contribution in [0.4, 0.5) is 0 Å². The van der Waals surface area contributed by atoms with Crippen LogP contribution in [0.1, 0.15) is 454 Å². The van der Waals surface area contributed by atoms with Gasteiger partial charge in [0.15, 0.2) is 0 Å². The maximum absolute atomic E-state index is 13.0. The predicted octanol–water partition coefficient (Wildman–Crippen LogP) is 27.1. The van der Waals surface area contributed by atoms with Crippen LogP contribution in [0.2, 0.25) is 0 Å². The Balaban J connectivity index is 0.00000212. The first-order chi connectivity index (χ1) is 52.6. The van der Waals surface area contributed by atoms with E-state index in [2.05, 4.69) is 76.3 Å². The van der Waals surface area contributed by atoms with E-state index in [1.165, 1.54) is 307 Å². The van der Waals surface area contributed by atoms with Crippen molar-refractivity contribution >= 4 is 81.9 Å². The third-order valence-corrected chi connectivity index (χ3v) is 21.8. The smallest absolute Gasteiger partial charge is 0.744 e. The topological polar surface area (TPSA) is 220 Å². The number of benzene rings is 2. The zero-order valence-electron chi connectivity index (χ0n) is 69.6. The van der Waals surface area contributed by atoms with Gasteiger partial charge in [-0.1, -0.05) is 345 Å². The molecule has 0 bridgehead atoms. The van der Waals surface area contributed by atoms with Gasteiger partial charge in [-0.15, -0.1) is 0 Å². The number of unbranched alkanes of at least 4 members (excludes halogenated alkanes) is 52. The van der Waals surface area contributed by atoms with Crippen LogP contribution in [-0.4, -0.2) is 114 Å². The van der Waals surface area contributed by atoms with Crippen molar-refractivity contribution in [3.8, 4) is 0 Å². The Bertz CT molecular complexity index is 2670.